The number of hydrogen-bond acceptors (Lipinski definition) is 2. The van der Waals surface area contributed by atoms with Gasteiger partial charge in [0.2, 0.25) is 0 Å². The molecule has 17 heavy (non-hydrogen) atoms. The van der Waals surface area contributed by atoms with Crippen LogP contribution in [-0.2, 0) is 0 Å². The monoisotopic (exact) mass is 237 g/mol. The van der Waals surface area contributed by atoms with Crippen LogP contribution in [0.2, 0.25) is 0 Å². The minimum atomic E-state index is -0.634. The lowest BCUT2D eigenvalue weighted by Gasteiger charge is -2.39. The molecule has 0 spiro atoms. The van der Waals surface area contributed by atoms with Crippen LogP contribution in [0.15, 0.2) is 24.3 Å². The predicted octanol–water partition coefficient (Wildman–Crippen LogP) is 2.78. The molecule has 1 aromatic rings. The van der Waals surface area contributed by atoms with Crippen LogP contribution in [0.4, 0.5) is 4.39 Å². The number of hydrogen-bond donors (Lipinski definition) is 2. The molecule has 1 unspecified atom stereocenters. The van der Waals surface area contributed by atoms with Gasteiger partial charge in [-0.25, -0.2) is 4.39 Å². The van der Waals surface area contributed by atoms with Gasteiger partial charge in [0.15, 0.2) is 0 Å². The number of halogens is 1. The summed E-state index contributed by atoms with van der Waals surface area (Å²) in [6.07, 6.45) is 2.50. The second-order valence-electron chi connectivity index (χ2n) is 5.53. The van der Waals surface area contributed by atoms with Crippen LogP contribution >= 0.6 is 0 Å². The second kappa shape index (κ2) is 4.75. The molecule has 1 aliphatic rings. The molecule has 2 rings (SSSR count). The molecule has 2 atom stereocenters. The molecule has 1 aromatic carbocycles. The lowest BCUT2D eigenvalue weighted by molar-refractivity contribution is 0.0842. The van der Waals surface area contributed by atoms with Crippen LogP contribution in [0.5, 0.6) is 0 Å². The van der Waals surface area contributed by atoms with Gasteiger partial charge in [-0.2, -0.15) is 0 Å². The first-order chi connectivity index (χ1) is 7.98. The van der Waals surface area contributed by atoms with E-state index in [2.05, 4.69) is 19.2 Å². The van der Waals surface area contributed by atoms with Crippen molar-refractivity contribution in [3.05, 3.63) is 35.6 Å². The van der Waals surface area contributed by atoms with E-state index in [4.69, 9.17) is 0 Å². The van der Waals surface area contributed by atoms with Crippen molar-refractivity contribution in [1.29, 1.82) is 0 Å². The summed E-state index contributed by atoms with van der Waals surface area (Å²) in [7, 11) is 0. The van der Waals surface area contributed by atoms with Crippen molar-refractivity contribution in [2.24, 2.45) is 0 Å². The molecule has 0 amide bonds. The smallest absolute Gasteiger partial charge is 0.123 e. The molecule has 0 aromatic heterocycles. The van der Waals surface area contributed by atoms with Crippen LogP contribution < -0.4 is 5.32 Å². The molecule has 2 nitrogen and oxygen atoms in total. The Hall–Kier alpha value is -0.930. The van der Waals surface area contributed by atoms with Gasteiger partial charge in [-0.05, 0) is 50.8 Å². The Morgan fingerprint density at radius 2 is 2.24 bits per heavy atom. The van der Waals surface area contributed by atoms with Crippen molar-refractivity contribution in [3.63, 3.8) is 0 Å². The first-order valence-corrected chi connectivity index (χ1v) is 6.19. The standard InChI is InChI=1S/C14H20FNO/c1-14(2)8-4-7-12(16-14)13(17)10-5-3-6-11(15)9-10/h3,5-6,9,12-13,16-17H,4,7-8H2,1-2H3/t12?,13-/m1/s1. The molecule has 0 bridgehead atoms. The van der Waals surface area contributed by atoms with Crippen LogP contribution in [0.3, 0.4) is 0 Å². The zero-order valence-electron chi connectivity index (χ0n) is 10.4. The van der Waals surface area contributed by atoms with Crippen molar-refractivity contribution in [2.75, 3.05) is 0 Å². The van der Waals surface area contributed by atoms with Crippen molar-refractivity contribution < 1.29 is 9.50 Å². The summed E-state index contributed by atoms with van der Waals surface area (Å²) >= 11 is 0. The van der Waals surface area contributed by atoms with E-state index >= 15 is 0 Å². The van der Waals surface area contributed by atoms with E-state index in [1.54, 1.807) is 12.1 Å². The highest BCUT2D eigenvalue weighted by molar-refractivity contribution is 5.20. The van der Waals surface area contributed by atoms with Gasteiger partial charge in [-0.1, -0.05) is 12.1 Å². The van der Waals surface area contributed by atoms with Gasteiger partial charge in [0.05, 0.1) is 6.10 Å². The van der Waals surface area contributed by atoms with E-state index in [1.807, 2.05) is 0 Å². The topological polar surface area (TPSA) is 32.3 Å². The minimum absolute atomic E-state index is 0.0144. The Morgan fingerprint density at radius 3 is 2.88 bits per heavy atom. The number of aliphatic hydroxyl groups excluding tert-OH is 1. The Morgan fingerprint density at radius 1 is 1.47 bits per heavy atom. The second-order valence-corrected chi connectivity index (χ2v) is 5.53. The zero-order chi connectivity index (χ0) is 12.5. The van der Waals surface area contributed by atoms with Gasteiger partial charge in [0.25, 0.3) is 0 Å². The first-order valence-electron chi connectivity index (χ1n) is 6.19. The molecule has 0 saturated carbocycles. The number of nitrogens with one attached hydrogen (secondary N) is 1. The molecular formula is C14H20FNO. The Labute approximate surface area is 102 Å². The molecule has 0 radical (unpaired) electrons. The predicted molar refractivity (Wildman–Crippen MR) is 66.2 cm³/mol. The van der Waals surface area contributed by atoms with Gasteiger partial charge in [0.1, 0.15) is 5.82 Å². The van der Waals surface area contributed by atoms with Crippen molar-refractivity contribution in [2.45, 2.75) is 50.8 Å². The van der Waals surface area contributed by atoms with E-state index in [0.717, 1.165) is 19.3 Å². The van der Waals surface area contributed by atoms with Gasteiger partial charge in [-0.3, -0.25) is 0 Å². The van der Waals surface area contributed by atoms with Gasteiger partial charge >= 0.3 is 0 Å². The quantitative estimate of drug-likeness (QED) is 0.829. The highest BCUT2D eigenvalue weighted by atomic mass is 19.1. The molecule has 0 aliphatic carbocycles. The molecular weight excluding hydrogens is 217 g/mol. The Kier molecular flexibility index (Phi) is 3.50. The minimum Gasteiger partial charge on any atom is -0.387 e. The van der Waals surface area contributed by atoms with Crippen molar-refractivity contribution in [1.82, 2.24) is 5.32 Å². The van der Waals surface area contributed by atoms with Gasteiger partial charge in [0, 0.05) is 11.6 Å². The van der Waals surface area contributed by atoms with E-state index in [1.165, 1.54) is 12.1 Å². The molecule has 2 N–H and O–H groups in total. The summed E-state index contributed by atoms with van der Waals surface area (Å²) in [5.74, 6) is -0.295. The molecule has 1 saturated heterocycles. The van der Waals surface area contributed by atoms with E-state index in [9.17, 15) is 9.50 Å². The molecule has 1 fully saturated rings. The number of aliphatic hydroxyl groups is 1. The Bertz CT molecular complexity index is 392. The molecule has 1 heterocycles. The highest BCUT2D eigenvalue weighted by Crippen LogP contribution is 2.29. The zero-order valence-corrected chi connectivity index (χ0v) is 10.4. The third-order valence-electron chi connectivity index (χ3n) is 3.46. The summed E-state index contributed by atoms with van der Waals surface area (Å²) in [5, 5.41) is 13.7. The SMILES string of the molecule is CC1(C)CCCC([C@H](O)c2cccc(F)c2)N1. The fourth-order valence-electron chi connectivity index (χ4n) is 2.57. The lowest BCUT2D eigenvalue weighted by Crippen LogP contribution is -2.51. The lowest BCUT2D eigenvalue weighted by atomic mass is 9.85. The fraction of sp³-hybridized carbons (Fsp3) is 0.571. The summed E-state index contributed by atoms with van der Waals surface area (Å²) < 4.78 is 13.1. The van der Waals surface area contributed by atoms with Crippen molar-refractivity contribution in [3.8, 4) is 0 Å². The summed E-state index contributed by atoms with van der Waals surface area (Å²) in [5.41, 5.74) is 0.706. The van der Waals surface area contributed by atoms with Crippen LogP contribution in [-0.4, -0.2) is 16.7 Å². The van der Waals surface area contributed by atoms with Crippen LogP contribution in [0, 0.1) is 5.82 Å². The summed E-state index contributed by atoms with van der Waals surface area (Å²) in [4.78, 5) is 0. The largest absolute Gasteiger partial charge is 0.387 e. The van der Waals surface area contributed by atoms with Crippen LogP contribution in [0.25, 0.3) is 0 Å². The fourth-order valence-corrected chi connectivity index (χ4v) is 2.57. The summed E-state index contributed by atoms with van der Waals surface area (Å²) in [6, 6.07) is 6.24. The first kappa shape index (κ1) is 12.5. The third-order valence-corrected chi connectivity index (χ3v) is 3.46. The van der Waals surface area contributed by atoms with E-state index in [0.29, 0.717) is 5.56 Å². The maximum atomic E-state index is 13.1. The third kappa shape index (κ3) is 3.05. The molecule has 3 heteroatoms. The average molecular weight is 237 g/mol. The maximum absolute atomic E-state index is 13.1. The van der Waals surface area contributed by atoms with Crippen molar-refractivity contribution >= 4 is 0 Å². The molecule has 94 valence electrons. The Balaban J connectivity index is 2.12. The van der Waals surface area contributed by atoms with Gasteiger partial charge in [-0.15, -0.1) is 0 Å². The number of piperidine rings is 1. The van der Waals surface area contributed by atoms with E-state index < -0.39 is 6.10 Å². The summed E-state index contributed by atoms with van der Waals surface area (Å²) in [6.45, 7) is 4.27. The molecule has 1 aliphatic heterocycles. The van der Waals surface area contributed by atoms with Crippen LogP contribution in [0.1, 0.15) is 44.8 Å². The van der Waals surface area contributed by atoms with E-state index in [-0.39, 0.29) is 17.4 Å². The number of rotatable bonds is 2. The van der Waals surface area contributed by atoms with Gasteiger partial charge < -0.3 is 10.4 Å². The number of benzene rings is 1. The highest BCUT2D eigenvalue weighted by Gasteiger charge is 2.31. The average Bonchev–Trinajstić information content (AvgIpc) is 2.26. The maximum Gasteiger partial charge on any atom is 0.123 e. The normalized spacial score (nSPS) is 25.5.